The largest absolute Gasteiger partial charge is 0.298 e. The zero-order valence-corrected chi connectivity index (χ0v) is 18.3. The molecule has 0 bridgehead atoms. The van der Waals surface area contributed by atoms with Crippen molar-refractivity contribution >= 4 is 16.6 Å². The lowest BCUT2D eigenvalue weighted by molar-refractivity contribution is 0.0988. The van der Waals surface area contributed by atoms with Crippen molar-refractivity contribution in [2.24, 2.45) is 0 Å². The Hall–Kier alpha value is -2.80. The second-order valence-electron chi connectivity index (χ2n) is 9.32. The monoisotopic (exact) mass is 418 g/mol. The van der Waals surface area contributed by atoms with Gasteiger partial charge in [0, 0.05) is 29.2 Å². The van der Waals surface area contributed by atoms with E-state index in [4.69, 9.17) is 0 Å². The minimum Gasteiger partial charge on any atom is -0.298 e. The molecule has 4 aromatic rings. The first-order chi connectivity index (χ1) is 15.0. The Morgan fingerprint density at radius 2 is 1.97 bits per heavy atom. The summed E-state index contributed by atoms with van der Waals surface area (Å²) in [5.41, 5.74) is 5.08. The Kier molecular flexibility index (Phi) is 4.03. The molecule has 2 aliphatic rings. The van der Waals surface area contributed by atoms with Gasteiger partial charge in [-0.1, -0.05) is 6.92 Å². The van der Waals surface area contributed by atoms with E-state index in [-0.39, 0.29) is 5.82 Å². The van der Waals surface area contributed by atoms with E-state index in [0.29, 0.717) is 17.1 Å². The molecule has 1 saturated heterocycles. The second-order valence-corrected chi connectivity index (χ2v) is 9.32. The molecule has 1 aromatic carbocycles. The summed E-state index contributed by atoms with van der Waals surface area (Å²) in [4.78, 5) is 7.13. The molecule has 0 amide bonds. The minimum absolute atomic E-state index is 0.292. The maximum Gasteiger partial charge on any atom is 0.156 e. The maximum atomic E-state index is 15.1. The number of aromatic nitrogens is 5. The van der Waals surface area contributed by atoms with Gasteiger partial charge in [-0.25, -0.2) is 13.9 Å². The van der Waals surface area contributed by atoms with E-state index >= 15 is 4.39 Å². The molecule has 31 heavy (non-hydrogen) atoms. The Balaban J connectivity index is 1.38. The summed E-state index contributed by atoms with van der Waals surface area (Å²) >= 11 is 0. The molecule has 0 N–H and O–H groups in total. The number of hydrogen-bond acceptors (Lipinski definition) is 4. The number of hydrogen-bond donors (Lipinski definition) is 0. The van der Waals surface area contributed by atoms with Crippen LogP contribution in [0, 0.1) is 19.7 Å². The summed E-state index contributed by atoms with van der Waals surface area (Å²) in [6, 6.07) is 5.88. The molecule has 6 rings (SSSR count). The lowest BCUT2D eigenvalue weighted by Gasteiger charge is -2.39. The van der Waals surface area contributed by atoms with Gasteiger partial charge in [0.1, 0.15) is 5.52 Å². The normalized spacial score (nSPS) is 20.8. The van der Waals surface area contributed by atoms with E-state index in [1.165, 1.54) is 12.8 Å². The van der Waals surface area contributed by atoms with Gasteiger partial charge < -0.3 is 0 Å². The van der Waals surface area contributed by atoms with Gasteiger partial charge in [-0.15, -0.1) is 0 Å². The van der Waals surface area contributed by atoms with Crippen LogP contribution in [-0.4, -0.2) is 47.9 Å². The van der Waals surface area contributed by atoms with Crippen LogP contribution in [-0.2, 0) is 0 Å². The molecule has 3 aromatic heterocycles. The smallest absolute Gasteiger partial charge is 0.156 e. The number of benzene rings is 1. The van der Waals surface area contributed by atoms with Gasteiger partial charge in [0.2, 0.25) is 0 Å². The van der Waals surface area contributed by atoms with Crippen LogP contribution in [0.4, 0.5) is 4.39 Å². The van der Waals surface area contributed by atoms with Crippen molar-refractivity contribution in [1.29, 1.82) is 0 Å². The molecular formula is C24H27FN6. The summed E-state index contributed by atoms with van der Waals surface area (Å²) in [6.07, 6.45) is 8.65. The number of fused-ring (bicyclic) bond motifs is 2. The lowest BCUT2D eigenvalue weighted by atomic mass is 9.95. The molecule has 1 aliphatic heterocycles. The summed E-state index contributed by atoms with van der Waals surface area (Å²) in [6.45, 7) is 8.41. The minimum atomic E-state index is -0.292. The number of aryl methyl sites for hydroxylation is 2. The van der Waals surface area contributed by atoms with Crippen molar-refractivity contribution in [2.75, 3.05) is 13.1 Å². The molecule has 1 saturated carbocycles. The molecule has 0 radical (unpaired) electrons. The highest BCUT2D eigenvalue weighted by Crippen LogP contribution is 2.51. The molecule has 1 spiro atoms. The topological polar surface area (TPSA) is 51.2 Å². The first-order valence-electron chi connectivity index (χ1n) is 11.2. The molecule has 4 heterocycles. The van der Waals surface area contributed by atoms with Gasteiger partial charge >= 0.3 is 0 Å². The van der Waals surface area contributed by atoms with Crippen molar-refractivity contribution in [3.05, 3.63) is 47.7 Å². The van der Waals surface area contributed by atoms with Gasteiger partial charge in [-0.3, -0.25) is 9.58 Å². The Morgan fingerprint density at radius 1 is 1.13 bits per heavy atom. The number of nitrogens with zero attached hydrogens (tertiary/aromatic N) is 6. The Labute approximate surface area is 180 Å². The number of likely N-dealkylation sites (tertiary alicyclic amines) is 1. The third kappa shape index (κ3) is 2.97. The molecule has 1 atom stereocenters. The van der Waals surface area contributed by atoms with Gasteiger partial charge in [-0.05, 0) is 69.8 Å². The number of halogens is 1. The van der Waals surface area contributed by atoms with Crippen molar-refractivity contribution in [3.63, 3.8) is 0 Å². The summed E-state index contributed by atoms with van der Waals surface area (Å²) in [5, 5.41) is 10.2. The zero-order chi connectivity index (χ0) is 21.3. The van der Waals surface area contributed by atoms with Gasteiger partial charge in [0.15, 0.2) is 11.5 Å². The molecule has 7 heteroatoms. The highest BCUT2D eigenvalue weighted by atomic mass is 19.1. The summed E-state index contributed by atoms with van der Waals surface area (Å²) < 4.78 is 18.9. The Morgan fingerprint density at radius 3 is 2.74 bits per heavy atom. The molecule has 1 aliphatic carbocycles. The van der Waals surface area contributed by atoms with E-state index in [0.717, 1.165) is 59.5 Å². The van der Waals surface area contributed by atoms with E-state index in [1.54, 1.807) is 10.6 Å². The van der Waals surface area contributed by atoms with Crippen LogP contribution in [0.3, 0.4) is 0 Å². The van der Waals surface area contributed by atoms with Crippen LogP contribution >= 0.6 is 0 Å². The number of rotatable bonds is 3. The quantitative estimate of drug-likeness (QED) is 0.484. The SMILES string of the molecule is CCN1CC[C@H](n2cc3cc(-c4cc(C)c5nc(C)cn5n4)cc(F)c3n2)CC12CC2. The standard InChI is InChI=1S/C24H27FN6/c1-4-29-8-5-19(12-24(29)6-7-24)30-14-18-10-17(11-20(25)22(18)28-30)21-9-15(2)23-26-16(3)13-31(23)27-21/h9-11,13-14,19H,4-8,12H2,1-3H3/t19-/m0/s1. The highest BCUT2D eigenvalue weighted by molar-refractivity contribution is 5.84. The summed E-state index contributed by atoms with van der Waals surface area (Å²) in [5.74, 6) is -0.292. The van der Waals surface area contributed by atoms with Crippen LogP contribution in [0.15, 0.2) is 30.6 Å². The zero-order valence-electron chi connectivity index (χ0n) is 18.3. The predicted molar refractivity (Wildman–Crippen MR) is 119 cm³/mol. The highest BCUT2D eigenvalue weighted by Gasteiger charge is 2.51. The van der Waals surface area contributed by atoms with Crippen molar-refractivity contribution < 1.29 is 4.39 Å². The fourth-order valence-corrected chi connectivity index (χ4v) is 5.43. The van der Waals surface area contributed by atoms with Crippen molar-refractivity contribution in [3.8, 4) is 11.3 Å². The molecule has 0 unspecified atom stereocenters. The summed E-state index contributed by atoms with van der Waals surface area (Å²) in [7, 11) is 0. The maximum absolute atomic E-state index is 15.1. The number of imidazole rings is 1. The fourth-order valence-electron chi connectivity index (χ4n) is 5.43. The van der Waals surface area contributed by atoms with E-state index in [9.17, 15) is 0 Å². The van der Waals surface area contributed by atoms with Crippen LogP contribution in [0.25, 0.3) is 27.8 Å². The predicted octanol–water partition coefficient (Wildman–Crippen LogP) is 4.69. The van der Waals surface area contributed by atoms with Gasteiger partial charge in [0.05, 0.1) is 23.6 Å². The van der Waals surface area contributed by atoms with Crippen molar-refractivity contribution in [2.45, 2.75) is 58.0 Å². The third-order valence-electron chi connectivity index (χ3n) is 7.21. The average Bonchev–Trinajstić information content (AvgIpc) is 3.19. The van der Waals surface area contributed by atoms with E-state index < -0.39 is 0 Å². The van der Waals surface area contributed by atoms with Crippen LogP contribution in [0.5, 0.6) is 0 Å². The second kappa shape index (κ2) is 6.60. The fraction of sp³-hybridized carbons (Fsp3) is 0.458. The number of piperidine rings is 1. The third-order valence-corrected chi connectivity index (χ3v) is 7.21. The van der Waals surface area contributed by atoms with Crippen LogP contribution in [0.2, 0.25) is 0 Å². The molecular weight excluding hydrogens is 391 g/mol. The van der Waals surface area contributed by atoms with Crippen LogP contribution in [0.1, 0.15) is 49.9 Å². The van der Waals surface area contributed by atoms with Crippen LogP contribution < -0.4 is 0 Å². The first-order valence-corrected chi connectivity index (χ1v) is 11.2. The molecule has 6 nitrogen and oxygen atoms in total. The van der Waals surface area contributed by atoms with E-state index in [2.05, 4.69) is 27.0 Å². The molecule has 2 fully saturated rings. The van der Waals surface area contributed by atoms with Gasteiger partial charge in [-0.2, -0.15) is 10.2 Å². The van der Waals surface area contributed by atoms with Gasteiger partial charge in [0.25, 0.3) is 0 Å². The van der Waals surface area contributed by atoms with Crippen molar-refractivity contribution in [1.82, 2.24) is 29.3 Å². The molecule has 160 valence electrons. The lowest BCUT2D eigenvalue weighted by Crippen LogP contribution is -2.44. The Bertz CT molecular complexity index is 1310. The van der Waals surface area contributed by atoms with E-state index in [1.807, 2.05) is 43.1 Å². The first kappa shape index (κ1) is 18.9. The average molecular weight is 419 g/mol.